The molecule has 29 heavy (non-hydrogen) atoms. The molecule has 0 bridgehead atoms. The van der Waals surface area contributed by atoms with Gasteiger partial charge in [-0.1, -0.05) is 52.0 Å². The zero-order valence-corrected chi connectivity index (χ0v) is 18.1. The molecule has 0 radical (unpaired) electrons. The third-order valence-electron chi connectivity index (χ3n) is 5.07. The summed E-state index contributed by atoms with van der Waals surface area (Å²) in [4.78, 5) is 23.8. The maximum atomic E-state index is 12.7. The van der Waals surface area contributed by atoms with Crippen molar-refractivity contribution < 1.29 is 14.9 Å². The third kappa shape index (κ3) is 6.71. The summed E-state index contributed by atoms with van der Waals surface area (Å²) in [7, 11) is 0. The molecule has 5 N–H and O–H groups in total. The standard InChI is InChI=1S/C24H33N3O2/c1-15(2)14-18-6-8-19(9-7-18)22(16(3)4)26-17(5)24(29)27-21-12-10-20(11-13-21)23(25)28/h6-13,15-17,22,26H,14H2,1-5H3,(H2,25,28)(H,27,29)/p+1/t17-,22+/m1/s1. The molecular weight excluding hydrogens is 362 g/mol. The van der Waals surface area contributed by atoms with E-state index in [1.54, 1.807) is 24.3 Å². The summed E-state index contributed by atoms with van der Waals surface area (Å²) in [6.45, 7) is 10.7. The van der Waals surface area contributed by atoms with Crippen molar-refractivity contribution in [2.45, 2.75) is 53.1 Å². The predicted octanol–water partition coefficient (Wildman–Crippen LogP) is 3.27. The van der Waals surface area contributed by atoms with Crippen LogP contribution in [0.4, 0.5) is 5.69 Å². The maximum absolute atomic E-state index is 12.7. The van der Waals surface area contributed by atoms with Gasteiger partial charge in [-0.3, -0.25) is 9.59 Å². The molecule has 5 nitrogen and oxygen atoms in total. The van der Waals surface area contributed by atoms with Crippen molar-refractivity contribution in [2.24, 2.45) is 17.6 Å². The number of carbonyl (C=O) groups is 2. The van der Waals surface area contributed by atoms with Crippen molar-refractivity contribution in [3.63, 3.8) is 0 Å². The Morgan fingerprint density at radius 2 is 1.52 bits per heavy atom. The van der Waals surface area contributed by atoms with Gasteiger partial charge in [0.15, 0.2) is 6.04 Å². The summed E-state index contributed by atoms with van der Waals surface area (Å²) < 4.78 is 0. The monoisotopic (exact) mass is 396 g/mol. The van der Waals surface area contributed by atoms with Crippen LogP contribution in [-0.4, -0.2) is 17.9 Å². The van der Waals surface area contributed by atoms with Crippen LogP contribution in [-0.2, 0) is 11.2 Å². The molecule has 0 saturated carbocycles. The number of quaternary nitrogens is 1. The van der Waals surface area contributed by atoms with E-state index in [2.05, 4.69) is 62.6 Å². The molecule has 0 unspecified atom stereocenters. The first kappa shape index (κ1) is 22.6. The Morgan fingerprint density at radius 1 is 0.931 bits per heavy atom. The molecule has 0 heterocycles. The van der Waals surface area contributed by atoms with Gasteiger partial charge >= 0.3 is 0 Å². The van der Waals surface area contributed by atoms with Crippen LogP contribution < -0.4 is 16.4 Å². The molecule has 0 saturated heterocycles. The minimum atomic E-state index is -0.483. The molecule has 0 aliphatic heterocycles. The molecule has 5 heteroatoms. The van der Waals surface area contributed by atoms with E-state index in [9.17, 15) is 9.59 Å². The SMILES string of the molecule is CC(C)Cc1ccc([C@@H]([NH2+][C@H](C)C(=O)Nc2ccc(C(N)=O)cc2)C(C)C)cc1. The molecule has 2 amide bonds. The lowest BCUT2D eigenvalue weighted by Crippen LogP contribution is -2.93. The Hall–Kier alpha value is -2.66. The van der Waals surface area contributed by atoms with E-state index in [1.807, 2.05) is 6.92 Å². The quantitative estimate of drug-likeness (QED) is 0.607. The van der Waals surface area contributed by atoms with Crippen LogP contribution in [0.25, 0.3) is 0 Å². The Labute approximate surface area is 174 Å². The molecule has 2 aromatic carbocycles. The van der Waals surface area contributed by atoms with Gasteiger partial charge < -0.3 is 16.4 Å². The number of rotatable bonds is 9. The van der Waals surface area contributed by atoms with E-state index >= 15 is 0 Å². The Balaban J connectivity index is 2.03. The predicted molar refractivity (Wildman–Crippen MR) is 118 cm³/mol. The number of amides is 2. The highest BCUT2D eigenvalue weighted by Crippen LogP contribution is 2.20. The van der Waals surface area contributed by atoms with Crippen molar-refractivity contribution >= 4 is 17.5 Å². The lowest BCUT2D eigenvalue weighted by atomic mass is 9.93. The third-order valence-corrected chi connectivity index (χ3v) is 5.07. The number of benzene rings is 2. The molecule has 0 aliphatic carbocycles. The van der Waals surface area contributed by atoms with Gasteiger partial charge in [0, 0.05) is 22.7 Å². The summed E-state index contributed by atoms with van der Waals surface area (Å²) in [5.74, 6) is 0.466. The van der Waals surface area contributed by atoms with Crippen molar-refractivity contribution in [1.29, 1.82) is 0 Å². The lowest BCUT2D eigenvalue weighted by Gasteiger charge is -2.23. The van der Waals surface area contributed by atoms with Crippen LogP contribution in [0.2, 0.25) is 0 Å². The van der Waals surface area contributed by atoms with Crippen molar-refractivity contribution in [2.75, 3.05) is 5.32 Å². The second-order valence-electron chi connectivity index (χ2n) is 8.52. The minimum absolute atomic E-state index is 0.0705. The number of anilines is 1. The largest absolute Gasteiger partial charge is 0.366 e. The van der Waals surface area contributed by atoms with E-state index < -0.39 is 5.91 Å². The van der Waals surface area contributed by atoms with E-state index in [0.29, 0.717) is 23.1 Å². The molecule has 0 aliphatic rings. The maximum Gasteiger partial charge on any atom is 0.282 e. The molecule has 156 valence electrons. The van der Waals surface area contributed by atoms with Crippen LogP contribution in [0, 0.1) is 11.8 Å². The van der Waals surface area contributed by atoms with E-state index in [1.165, 1.54) is 11.1 Å². The Morgan fingerprint density at radius 3 is 2.00 bits per heavy atom. The van der Waals surface area contributed by atoms with Crippen LogP contribution in [0.15, 0.2) is 48.5 Å². The lowest BCUT2D eigenvalue weighted by molar-refractivity contribution is -0.718. The highest BCUT2D eigenvalue weighted by atomic mass is 16.2. The van der Waals surface area contributed by atoms with Gasteiger partial charge in [-0.15, -0.1) is 0 Å². The summed E-state index contributed by atoms with van der Waals surface area (Å²) in [5, 5.41) is 5.03. The zero-order chi connectivity index (χ0) is 21.6. The Kier molecular flexibility index (Phi) is 7.97. The number of carbonyl (C=O) groups excluding carboxylic acids is 2. The van der Waals surface area contributed by atoms with Gasteiger partial charge in [-0.25, -0.2) is 0 Å². The van der Waals surface area contributed by atoms with Crippen LogP contribution in [0.5, 0.6) is 0 Å². The summed E-state index contributed by atoms with van der Waals surface area (Å²) in [6, 6.07) is 15.3. The molecule has 0 aromatic heterocycles. The van der Waals surface area contributed by atoms with Gasteiger partial charge in [0.25, 0.3) is 5.91 Å². The van der Waals surface area contributed by atoms with Crippen molar-refractivity contribution in [3.8, 4) is 0 Å². The van der Waals surface area contributed by atoms with Gasteiger partial charge in [-0.05, 0) is 49.1 Å². The van der Waals surface area contributed by atoms with Crippen LogP contribution in [0.3, 0.4) is 0 Å². The fourth-order valence-electron chi connectivity index (χ4n) is 3.44. The first-order valence-corrected chi connectivity index (χ1v) is 10.3. The summed E-state index contributed by atoms with van der Waals surface area (Å²) in [5.41, 5.74) is 8.90. The van der Waals surface area contributed by atoms with Crippen LogP contribution in [0.1, 0.15) is 62.1 Å². The number of primary amides is 1. The van der Waals surface area contributed by atoms with E-state index in [4.69, 9.17) is 5.73 Å². The topological polar surface area (TPSA) is 88.8 Å². The van der Waals surface area contributed by atoms with E-state index in [-0.39, 0.29) is 18.0 Å². The van der Waals surface area contributed by atoms with E-state index in [0.717, 1.165) is 6.42 Å². The van der Waals surface area contributed by atoms with Crippen LogP contribution >= 0.6 is 0 Å². The number of nitrogens with one attached hydrogen (secondary N) is 1. The number of nitrogens with two attached hydrogens (primary N) is 2. The Bertz CT molecular complexity index is 811. The second-order valence-corrected chi connectivity index (χ2v) is 8.52. The highest BCUT2D eigenvalue weighted by molar-refractivity contribution is 5.95. The number of hydrogen-bond acceptors (Lipinski definition) is 2. The molecule has 2 rings (SSSR count). The molecule has 0 fully saturated rings. The first-order chi connectivity index (χ1) is 13.7. The first-order valence-electron chi connectivity index (χ1n) is 10.3. The summed E-state index contributed by atoms with van der Waals surface area (Å²) in [6.07, 6.45) is 1.07. The average molecular weight is 397 g/mol. The molecule has 2 atom stereocenters. The molecule has 2 aromatic rings. The van der Waals surface area contributed by atoms with Gasteiger partial charge in [0.1, 0.15) is 6.04 Å². The second kappa shape index (κ2) is 10.2. The normalized spacial score (nSPS) is 13.3. The molecule has 0 spiro atoms. The minimum Gasteiger partial charge on any atom is -0.366 e. The van der Waals surface area contributed by atoms with Gasteiger partial charge in [0.05, 0.1) is 0 Å². The molecular formula is C24H34N3O2+. The van der Waals surface area contributed by atoms with Crippen molar-refractivity contribution in [3.05, 3.63) is 65.2 Å². The fourth-order valence-corrected chi connectivity index (χ4v) is 3.44. The van der Waals surface area contributed by atoms with Crippen molar-refractivity contribution in [1.82, 2.24) is 0 Å². The highest BCUT2D eigenvalue weighted by Gasteiger charge is 2.26. The fraction of sp³-hybridized carbons (Fsp3) is 0.417. The smallest absolute Gasteiger partial charge is 0.282 e. The van der Waals surface area contributed by atoms with Gasteiger partial charge in [-0.2, -0.15) is 0 Å². The zero-order valence-electron chi connectivity index (χ0n) is 18.1. The average Bonchev–Trinajstić information content (AvgIpc) is 2.66. The van der Waals surface area contributed by atoms with Gasteiger partial charge in [0.2, 0.25) is 5.91 Å². The summed E-state index contributed by atoms with van der Waals surface area (Å²) >= 11 is 0. The number of hydrogen-bond donors (Lipinski definition) is 3.